The van der Waals surface area contributed by atoms with Crippen molar-refractivity contribution in [1.29, 1.82) is 0 Å². The molecule has 0 spiro atoms. The van der Waals surface area contributed by atoms with Gasteiger partial charge in [0.1, 0.15) is 0 Å². The number of carbonyl (C=O) groups is 1. The van der Waals surface area contributed by atoms with E-state index in [4.69, 9.17) is 0 Å². The van der Waals surface area contributed by atoms with Crippen molar-refractivity contribution in [3.05, 3.63) is 34.3 Å². The standard InChI is InChI=1S/C16H20BrN5OS/c1-4-18-14-20-15(19-10(2)3)22-16(21-14)24-9-13(23)11-5-7-12(17)8-6-11/h5-8,10H,4,9H2,1-3H3,(H2,18,19,20,21,22). The Labute approximate surface area is 154 Å². The third kappa shape index (κ3) is 5.76. The molecule has 0 atom stereocenters. The maximum absolute atomic E-state index is 12.3. The van der Waals surface area contributed by atoms with Crippen LogP contribution in [0.2, 0.25) is 0 Å². The van der Waals surface area contributed by atoms with E-state index in [1.54, 1.807) is 12.1 Å². The van der Waals surface area contributed by atoms with Gasteiger partial charge in [-0.15, -0.1) is 0 Å². The molecule has 24 heavy (non-hydrogen) atoms. The van der Waals surface area contributed by atoms with Crippen molar-refractivity contribution in [2.45, 2.75) is 32.0 Å². The lowest BCUT2D eigenvalue weighted by molar-refractivity contribution is 0.102. The van der Waals surface area contributed by atoms with Crippen molar-refractivity contribution < 1.29 is 4.79 Å². The van der Waals surface area contributed by atoms with E-state index in [2.05, 4.69) is 41.5 Å². The summed E-state index contributed by atoms with van der Waals surface area (Å²) in [6.45, 7) is 6.72. The first-order chi connectivity index (χ1) is 11.5. The Kier molecular flexibility index (Phi) is 6.99. The first-order valence-corrected chi connectivity index (χ1v) is 9.44. The maximum atomic E-state index is 12.3. The molecule has 1 aromatic carbocycles. The van der Waals surface area contributed by atoms with Gasteiger partial charge in [-0.3, -0.25) is 4.79 Å². The topological polar surface area (TPSA) is 79.8 Å². The lowest BCUT2D eigenvalue weighted by Crippen LogP contribution is -2.15. The number of nitrogens with zero attached hydrogens (tertiary/aromatic N) is 3. The summed E-state index contributed by atoms with van der Waals surface area (Å²) in [7, 11) is 0. The molecule has 2 N–H and O–H groups in total. The van der Waals surface area contributed by atoms with Crippen LogP contribution in [0.1, 0.15) is 31.1 Å². The SMILES string of the molecule is CCNc1nc(NC(C)C)nc(SCC(=O)c2ccc(Br)cc2)n1. The number of halogens is 1. The Balaban J connectivity index is 2.08. The number of hydrogen-bond acceptors (Lipinski definition) is 7. The van der Waals surface area contributed by atoms with Crippen molar-refractivity contribution in [3.63, 3.8) is 0 Å². The van der Waals surface area contributed by atoms with E-state index in [9.17, 15) is 4.79 Å². The molecular weight excluding hydrogens is 390 g/mol. The van der Waals surface area contributed by atoms with Crippen molar-refractivity contribution in [2.24, 2.45) is 0 Å². The summed E-state index contributed by atoms with van der Waals surface area (Å²) in [4.78, 5) is 25.3. The van der Waals surface area contributed by atoms with Crippen LogP contribution in [0.25, 0.3) is 0 Å². The van der Waals surface area contributed by atoms with Gasteiger partial charge in [-0.25, -0.2) is 0 Å². The zero-order valence-corrected chi connectivity index (χ0v) is 16.2. The van der Waals surface area contributed by atoms with Gasteiger partial charge in [0.25, 0.3) is 0 Å². The second kappa shape index (κ2) is 8.98. The fourth-order valence-electron chi connectivity index (χ4n) is 1.83. The van der Waals surface area contributed by atoms with E-state index in [1.165, 1.54) is 11.8 Å². The molecule has 0 saturated carbocycles. The number of thioether (sulfide) groups is 1. The molecule has 2 aromatic rings. The molecule has 0 unspecified atom stereocenters. The number of benzene rings is 1. The highest BCUT2D eigenvalue weighted by atomic mass is 79.9. The minimum Gasteiger partial charge on any atom is -0.354 e. The number of hydrogen-bond donors (Lipinski definition) is 2. The lowest BCUT2D eigenvalue weighted by atomic mass is 10.2. The Morgan fingerprint density at radius 3 is 2.46 bits per heavy atom. The van der Waals surface area contributed by atoms with Gasteiger partial charge < -0.3 is 10.6 Å². The molecule has 0 radical (unpaired) electrons. The fourth-order valence-corrected chi connectivity index (χ4v) is 2.82. The van der Waals surface area contributed by atoms with Crippen LogP contribution in [-0.4, -0.2) is 39.1 Å². The van der Waals surface area contributed by atoms with Gasteiger partial charge in [-0.2, -0.15) is 15.0 Å². The highest BCUT2D eigenvalue weighted by Gasteiger charge is 2.11. The lowest BCUT2D eigenvalue weighted by Gasteiger charge is -2.11. The predicted molar refractivity (Wildman–Crippen MR) is 102 cm³/mol. The van der Waals surface area contributed by atoms with Gasteiger partial charge in [0.05, 0.1) is 5.75 Å². The van der Waals surface area contributed by atoms with Crippen LogP contribution < -0.4 is 10.6 Å². The average Bonchev–Trinajstić information content (AvgIpc) is 2.53. The number of ketones is 1. The van der Waals surface area contributed by atoms with Crippen LogP contribution in [0.3, 0.4) is 0 Å². The summed E-state index contributed by atoms with van der Waals surface area (Å²) in [5.41, 5.74) is 0.673. The van der Waals surface area contributed by atoms with Crippen molar-refractivity contribution in [1.82, 2.24) is 15.0 Å². The molecule has 1 heterocycles. The second-order valence-corrected chi connectivity index (χ2v) is 7.17. The van der Waals surface area contributed by atoms with Crippen LogP contribution in [-0.2, 0) is 0 Å². The van der Waals surface area contributed by atoms with Gasteiger partial charge in [0, 0.05) is 22.6 Å². The first kappa shape index (κ1) is 18.7. The van der Waals surface area contributed by atoms with Crippen molar-refractivity contribution >= 4 is 45.4 Å². The molecule has 0 saturated heterocycles. The molecule has 8 heteroatoms. The molecule has 1 aromatic heterocycles. The van der Waals surface area contributed by atoms with E-state index < -0.39 is 0 Å². The summed E-state index contributed by atoms with van der Waals surface area (Å²) in [5, 5.41) is 6.77. The van der Waals surface area contributed by atoms with E-state index >= 15 is 0 Å². The molecule has 0 aliphatic heterocycles. The maximum Gasteiger partial charge on any atom is 0.228 e. The minimum atomic E-state index is 0.0382. The molecule has 2 rings (SSSR count). The molecule has 0 aliphatic carbocycles. The van der Waals surface area contributed by atoms with Gasteiger partial charge in [-0.1, -0.05) is 39.8 Å². The van der Waals surface area contributed by atoms with Crippen LogP contribution in [0, 0.1) is 0 Å². The highest BCUT2D eigenvalue weighted by molar-refractivity contribution is 9.10. The zero-order chi connectivity index (χ0) is 17.5. The number of Topliss-reactive ketones (excluding diaryl/α,β-unsaturated/α-hetero) is 1. The fraction of sp³-hybridized carbons (Fsp3) is 0.375. The molecule has 6 nitrogen and oxygen atoms in total. The van der Waals surface area contributed by atoms with E-state index in [0.717, 1.165) is 4.47 Å². The molecule has 0 aliphatic rings. The van der Waals surface area contributed by atoms with Crippen LogP contribution in [0.4, 0.5) is 11.9 Å². The second-order valence-electron chi connectivity index (χ2n) is 5.31. The Bertz CT molecular complexity index is 693. The van der Waals surface area contributed by atoms with Crippen LogP contribution in [0.15, 0.2) is 33.9 Å². The summed E-state index contributed by atoms with van der Waals surface area (Å²) >= 11 is 4.67. The number of rotatable bonds is 8. The van der Waals surface area contributed by atoms with Crippen molar-refractivity contribution in [2.75, 3.05) is 22.9 Å². The first-order valence-electron chi connectivity index (χ1n) is 7.66. The summed E-state index contributed by atoms with van der Waals surface area (Å²) in [6, 6.07) is 7.53. The summed E-state index contributed by atoms with van der Waals surface area (Å²) in [5.74, 6) is 1.33. The highest BCUT2D eigenvalue weighted by Crippen LogP contribution is 2.19. The van der Waals surface area contributed by atoms with Gasteiger partial charge in [0.15, 0.2) is 10.9 Å². The Morgan fingerprint density at radius 2 is 1.83 bits per heavy atom. The number of carbonyl (C=O) groups excluding carboxylic acids is 1. The molecule has 128 valence electrons. The summed E-state index contributed by atoms with van der Waals surface area (Å²) < 4.78 is 0.948. The molecule has 0 bridgehead atoms. The predicted octanol–water partition coefficient (Wildman–Crippen LogP) is 3.86. The number of aromatic nitrogens is 3. The Morgan fingerprint density at radius 1 is 1.17 bits per heavy atom. The third-order valence-corrected chi connectivity index (χ3v) is 4.24. The van der Waals surface area contributed by atoms with E-state index in [0.29, 0.717) is 29.2 Å². The van der Waals surface area contributed by atoms with E-state index in [1.807, 2.05) is 32.9 Å². The normalized spacial score (nSPS) is 10.7. The molecule has 0 fully saturated rings. The zero-order valence-electron chi connectivity index (χ0n) is 13.8. The third-order valence-electron chi connectivity index (χ3n) is 2.87. The minimum absolute atomic E-state index is 0.0382. The van der Waals surface area contributed by atoms with Crippen LogP contribution >= 0.6 is 27.7 Å². The number of nitrogens with one attached hydrogen (secondary N) is 2. The summed E-state index contributed by atoms with van der Waals surface area (Å²) in [6.07, 6.45) is 0. The van der Waals surface area contributed by atoms with Gasteiger partial charge >= 0.3 is 0 Å². The van der Waals surface area contributed by atoms with Crippen LogP contribution in [0.5, 0.6) is 0 Å². The number of anilines is 2. The van der Waals surface area contributed by atoms with Crippen molar-refractivity contribution in [3.8, 4) is 0 Å². The average molecular weight is 410 g/mol. The molecule has 0 amide bonds. The van der Waals surface area contributed by atoms with Gasteiger partial charge in [-0.05, 0) is 32.9 Å². The largest absolute Gasteiger partial charge is 0.354 e. The quantitative estimate of drug-likeness (QED) is 0.505. The Hall–Kier alpha value is -1.67. The monoisotopic (exact) mass is 409 g/mol. The van der Waals surface area contributed by atoms with Gasteiger partial charge in [0.2, 0.25) is 11.9 Å². The van der Waals surface area contributed by atoms with E-state index in [-0.39, 0.29) is 17.6 Å². The molecular formula is C16H20BrN5OS. The smallest absolute Gasteiger partial charge is 0.228 e.